The van der Waals surface area contributed by atoms with Gasteiger partial charge in [-0.05, 0) is 25.5 Å². The molecular formula is C9H15N3. The summed E-state index contributed by atoms with van der Waals surface area (Å²) in [6.07, 6.45) is 1.31. The number of aromatic nitrogens is 2. The average molecular weight is 165 g/mol. The van der Waals surface area contributed by atoms with Crippen molar-refractivity contribution >= 4 is 0 Å². The van der Waals surface area contributed by atoms with E-state index in [2.05, 4.69) is 28.5 Å². The van der Waals surface area contributed by atoms with E-state index in [9.17, 15) is 0 Å². The molecule has 0 bridgehead atoms. The van der Waals surface area contributed by atoms with Crippen molar-refractivity contribution in [3.63, 3.8) is 0 Å². The molecule has 1 heterocycles. The highest BCUT2D eigenvalue weighted by molar-refractivity contribution is 5.19. The van der Waals surface area contributed by atoms with Gasteiger partial charge in [-0.25, -0.2) is 0 Å². The van der Waals surface area contributed by atoms with E-state index in [1.54, 1.807) is 0 Å². The van der Waals surface area contributed by atoms with E-state index in [1.807, 2.05) is 7.05 Å². The molecule has 0 radical (unpaired) electrons. The van der Waals surface area contributed by atoms with Crippen LogP contribution in [0, 0.1) is 5.92 Å². The summed E-state index contributed by atoms with van der Waals surface area (Å²) >= 11 is 0. The monoisotopic (exact) mass is 165 g/mol. The first-order valence-electron chi connectivity index (χ1n) is 4.50. The van der Waals surface area contributed by atoms with E-state index in [0.717, 1.165) is 18.4 Å². The minimum absolute atomic E-state index is 0.729. The minimum Gasteiger partial charge on any atom is -0.314 e. The summed E-state index contributed by atoms with van der Waals surface area (Å²) in [6.45, 7) is 3.16. The van der Waals surface area contributed by atoms with Crippen LogP contribution in [0.15, 0.2) is 6.07 Å². The Hall–Kier alpha value is -0.830. The standard InChI is InChI=1S/C9H15N3/c1-6-3-8(6)9-4-7(5-10-2)11-12-9/h4,6,8,10H,3,5H2,1-2H3,(H,11,12). The van der Waals surface area contributed by atoms with E-state index in [1.165, 1.54) is 17.8 Å². The number of H-pyrrole nitrogens is 1. The third-order valence-corrected chi connectivity index (χ3v) is 2.51. The Kier molecular flexibility index (Phi) is 1.89. The summed E-state index contributed by atoms with van der Waals surface area (Å²) in [5, 5.41) is 10.4. The lowest BCUT2D eigenvalue weighted by Crippen LogP contribution is -2.04. The van der Waals surface area contributed by atoms with Crippen molar-refractivity contribution in [1.82, 2.24) is 15.5 Å². The predicted molar refractivity (Wildman–Crippen MR) is 47.9 cm³/mol. The molecule has 1 fully saturated rings. The molecule has 0 saturated heterocycles. The van der Waals surface area contributed by atoms with Crippen molar-refractivity contribution in [1.29, 1.82) is 0 Å². The van der Waals surface area contributed by atoms with Crippen molar-refractivity contribution in [3.05, 3.63) is 17.5 Å². The van der Waals surface area contributed by atoms with E-state index in [-0.39, 0.29) is 0 Å². The van der Waals surface area contributed by atoms with Crippen LogP contribution in [0.2, 0.25) is 0 Å². The highest BCUT2D eigenvalue weighted by atomic mass is 15.1. The summed E-state index contributed by atoms with van der Waals surface area (Å²) in [5.41, 5.74) is 2.43. The predicted octanol–water partition coefficient (Wildman–Crippen LogP) is 1.25. The Morgan fingerprint density at radius 2 is 2.50 bits per heavy atom. The summed E-state index contributed by atoms with van der Waals surface area (Å²) in [4.78, 5) is 0. The molecule has 2 atom stereocenters. The molecule has 0 amide bonds. The van der Waals surface area contributed by atoms with Crippen molar-refractivity contribution in [3.8, 4) is 0 Å². The van der Waals surface area contributed by atoms with Crippen LogP contribution in [0.3, 0.4) is 0 Å². The van der Waals surface area contributed by atoms with Gasteiger partial charge in [-0.2, -0.15) is 5.10 Å². The molecule has 2 N–H and O–H groups in total. The van der Waals surface area contributed by atoms with Crippen LogP contribution in [-0.4, -0.2) is 17.2 Å². The number of nitrogens with zero attached hydrogens (tertiary/aromatic N) is 1. The SMILES string of the molecule is CNCc1cc(C2CC2C)n[nH]1. The second-order valence-corrected chi connectivity index (χ2v) is 3.67. The highest BCUT2D eigenvalue weighted by Crippen LogP contribution is 2.46. The summed E-state index contributed by atoms with van der Waals surface area (Å²) in [7, 11) is 1.94. The molecule has 2 rings (SSSR count). The lowest BCUT2D eigenvalue weighted by atomic mass is 10.2. The molecule has 1 aromatic rings. The molecular weight excluding hydrogens is 150 g/mol. The highest BCUT2D eigenvalue weighted by Gasteiger charge is 2.35. The maximum atomic E-state index is 4.28. The average Bonchev–Trinajstić information content (AvgIpc) is 2.62. The molecule has 0 aliphatic heterocycles. The van der Waals surface area contributed by atoms with Gasteiger partial charge in [0.05, 0.1) is 5.69 Å². The lowest BCUT2D eigenvalue weighted by Gasteiger charge is -1.90. The maximum absolute atomic E-state index is 4.28. The third-order valence-electron chi connectivity index (χ3n) is 2.51. The quantitative estimate of drug-likeness (QED) is 0.707. The molecule has 2 unspecified atom stereocenters. The van der Waals surface area contributed by atoms with Gasteiger partial charge in [0, 0.05) is 18.2 Å². The molecule has 12 heavy (non-hydrogen) atoms. The number of nitrogens with one attached hydrogen (secondary N) is 2. The van der Waals surface area contributed by atoms with Gasteiger partial charge in [-0.1, -0.05) is 6.92 Å². The topological polar surface area (TPSA) is 40.7 Å². The molecule has 0 spiro atoms. The zero-order valence-electron chi connectivity index (χ0n) is 7.59. The summed E-state index contributed by atoms with van der Waals surface area (Å²) < 4.78 is 0. The van der Waals surface area contributed by atoms with E-state index < -0.39 is 0 Å². The van der Waals surface area contributed by atoms with Crippen LogP contribution >= 0.6 is 0 Å². The van der Waals surface area contributed by atoms with Crippen molar-refractivity contribution in [2.45, 2.75) is 25.8 Å². The Morgan fingerprint density at radius 3 is 3.08 bits per heavy atom. The fourth-order valence-electron chi connectivity index (χ4n) is 1.58. The van der Waals surface area contributed by atoms with Gasteiger partial charge in [0.2, 0.25) is 0 Å². The Morgan fingerprint density at radius 1 is 1.75 bits per heavy atom. The van der Waals surface area contributed by atoms with Gasteiger partial charge < -0.3 is 5.32 Å². The van der Waals surface area contributed by atoms with Gasteiger partial charge in [0.25, 0.3) is 0 Å². The van der Waals surface area contributed by atoms with Crippen LogP contribution in [0.25, 0.3) is 0 Å². The molecule has 66 valence electrons. The van der Waals surface area contributed by atoms with Crippen molar-refractivity contribution < 1.29 is 0 Å². The number of hydrogen-bond acceptors (Lipinski definition) is 2. The molecule has 3 nitrogen and oxygen atoms in total. The summed E-state index contributed by atoms with van der Waals surface area (Å²) in [5.74, 6) is 1.57. The van der Waals surface area contributed by atoms with Gasteiger partial charge in [-0.3, -0.25) is 5.10 Å². The first-order valence-corrected chi connectivity index (χ1v) is 4.50. The van der Waals surface area contributed by atoms with Crippen molar-refractivity contribution in [2.75, 3.05) is 7.05 Å². The molecule has 3 heteroatoms. The van der Waals surface area contributed by atoms with Crippen LogP contribution in [-0.2, 0) is 6.54 Å². The molecule has 0 aromatic carbocycles. The number of rotatable bonds is 3. The first kappa shape index (κ1) is 7.80. The van der Waals surface area contributed by atoms with Gasteiger partial charge in [0.15, 0.2) is 0 Å². The zero-order valence-corrected chi connectivity index (χ0v) is 7.59. The van der Waals surface area contributed by atoms with Crippen LogP contribution < -0.4 is 5.32 Å². The van der Waals surface area contributed by atoms with Crippen LogP contribution in [0.4, 0.5) is 0 Å². The molecule has 1 aliphatic rings. The lowest BCUT2D eigenvalue weighted by molar-refractivity contribution is 0.782. The fourth-order valence-corrected chi connectivity index (χ4v) is 1.58. The maximum Gasteiger partial charge on any atom is 0.0659 e. The zero-order chi connectivity index (χ0) is 8.55. The van der Waals surface area contributed by atoms with Crippen molar-refractivity contribution in [2.24, 2.45) is 5.92 Å². The number of aromatic amines is 1. The van der Waals surface area contributed by atoms with Gasteiger partial charge in [0.1, 0.15) is 0 Å². The second kappa shape index (κ2) is 2.90. The van der Waals surface area contributed by atoms with E-state index in [4.69, 9.17) is 0 Å². The Bertz CT molecular complexity index is 266. The normalized spacial score (nSPS) is 27.5. The smallest absolute Gasteiger partial charge is 0.0659 e. The second-order valence-electron chi connectivity index (χ2n) is 3.67. The molecule has 1 aromatic heterocycles. The minimum atomic E-state index is 0.729. The van der Waals surface area contributed by atoms with Crippen LogP contribution in [0.1, 0.15) is 30.7 Å². The Balaban J connectivity index is 2.04. The van der Waals surface area contributed by atoms with Crippen LogP contribution in [0.5, 0.6) is 0 Å². The van der Waals surface area contributed by atoms with E-state index in [0.29, 0.717) is 0 Å². The summed E-state index contributed by atoms with van der Waals surface area (Å²) in [6, 6.07) is 2.17. The molecule has 1 saturated carbocycles. The molecule has 1 aliphatic carbocycles. The third kappa shape index (κ3) is 1.37. The number of hydrogen-bond donors (Lipinski definition) is 2. The largest absolute Gasteiger partial charge is 0.314 e. The van der Waals surface area contributed by atoms with Gasteiger partial charge in [-0.15, -0.1) is 0 Å². The fraction of sp³-hybridized carbons (Fsp3) is 0.667. The first-order chi connectivity index (χ1) is 5.81. The van der Waals surface area contributed by atoms with E-state index >= 15 is 0 Å². The van der Waals surface area contributed by atoms with Gasteiger partial charge >= 0.3 is 0 Å². The Labute approximate surface area is 72.6 Å².